The molecule has 0 unspecified atom stereocenters. The van der Waals surface area contributed by atoms with E-state index >= 15 is 0 Å². The van der Waals surface area contributed by atoms with Crippen LogP contribution in [0.3, 0.4) is 0 Å². The van der Waals surface area contributed by atoms with Gasteiger partial charge in [0.1, 0.15) is 0 Å². The Morgan fingerprint density at radius 2 is 1.40 bits per heavy atom. The van der Waals surface area contributed by atoms with Crippen LogP contribution in [-0.4, -0.2) is 8.07 Å². The van der Waals surface area contributed by atoms with Crippen LogP contribution in [0.25, 0.3) is 0 Å². The van der Waals surface area contributed by atoms with E-state index in [0.29, 0.717) is 11.5 Å². The number of hydrogen-bond donors (Lipinski definition) is 0. The van der Waals surface area contributed by atoms with Gasteiger partial charge in [0.25, 0.3) is 0 Å². The van der Waals surface area contributed by atoms with Gasteiger partial charge in [-0.05, 0) is 5.54 Å². The fraction of sp³-hybridized carbons (Fsp3) is 0.286. The standard InChI is InChI=1S/C14H18Si/c1-15(2,14-9-5-6-10-14)12-11-13-7-3-4-8-13/h3-14H,1-2H3/b12-11+. The zero-order chi connectivity index (χ0) is 10.7. The van der Waals surface area contributed by atoms with Crippen LogP contribution in [0, 0.1) is 5.92 Å². The van der Waals surface area contributed by atoms with Crippen LogP contribution in [0.1, 0.15) is 0 Å². The smallest absolute Gasteiger partial charge is 0.0820 e. The first-order chi connectivity index (χ1) is 7.18. The van der Waals surface area contributed by atoms with Crippen LogP contribution in [0.2, 0.25) is 18.6 Å². The highest BCUT2D eigenvalue weighted by molar-refractivity contribution is 6.84. The number of rotatable bonds is 3. The first-order valence-electron chi connectivity index (χ1n) is 5.58. The third-order valence-corrected chi connectivity index (χ3v) is 6.29. The van der Waals surface area contributed by atoms with Crippen molar-refractivity contribution in [2.24, 2.45) is 5.92 Å². The largest absolute Gasteiger partial charge is 0.0969 e. The molecule has 0 saturated heterocycles. The van der Waals surface area contributed by atoms with Gasteiger partial charge in [-0.25, -0.2) is 0 Å². The zero-order valence-electron chi connectivity index (χ0n) is 9.43. The topological polar surface area (TPSA) is 0 Å². The molecule has 0 atom stereocenters. The highest BCUT2D eigenvalue weighted by Gasteiger charge is 2.26. The van der Waals surface area contributed by atoms with Gasteiger partial charge in [-0.1, -0.05) is 73.5 Å². The molecule has 0 amide bonds. The molecule has 0 aromatic heterocycles. The molecule has 0 N–H and O–H groups in total. The monoisotopic (exact) mass is 214 g/mol. The van der Waals surface area contributed by atoms with E-state index < -0.39 is 8.07 Å². The van der Waals surface area contributed by atoms with Gasteiger partial charge in [-0.15, -0.1) is 0 Å². The molecule has 0 radical (unpaired) electrons. The normalized spacial score (nSPS) is 21.5. The molecule has 0 fully saturated rings. The van der Waals surface area contributed by atoms with E-state index in [-0.39, 0.29) is 0 Å². The molecule has 0 bridgehead atoms. The Morgan fingerprint density at radius 1 is 0.867 bits per heavy atom. The molecule has 15 heavy (non-hydrogen) atoms. The average Bonchev–Trinajstić information content (AvgIpc) is 2.88. The lowest BCUT2D eigenvalue weighted by atomic mass is 10.2. The van der Waals surface area contributed by atoms with Crippen LogP contribution in [0.4, 0.5) is 0 Å². The maximum absolute atomic E-state index is 2.47. The Morgan fingerprint density at radius 3 is 2.00 bits per heavy atom. The zero-order valence-corrected chi connectivity index (χ0v) is 10.4. The minimum absolute atomic E-state index is 0.533. The summed E-state index contributed by atoms with van der Waals surface area (Å²) in [6.45, 7) is 4.85. The van der Waals surface area contributed by atoms with Crippen LogP contribution < -0.4 is 0 Å². The van der Waals surface area contributed by atoms with Gasteiger partial charge in [0.05, 0.1) is 8.07 Å². The van der Waals surface area contributed by atoms with Crippen molar-refractivity contribution in [1.82, 2.24) is 0 Å². The maximum atomic E-state index is 2.47. The van der Waals surface area contributed by atoms with Crippen molar-refractivity contribution in [1.29, 1.82) is 0 Å². The van der Waals surface area contributed by atoms with Crippen molar-refractivity contribution in [2.75, 3.05) is 0 Å². The van der Waals surface area contributed by atoms with Gasteiger partial charge >= 0.3 is 0 Å². The second-order valence-electron chi connectivity index (χ2n) is 4.82. The van der Waals surface area contributed by atoms with Crippen LogP contribution in [0.5, 0.6) is 0 Å². The first kappa shape index (κ1) is 10.4. The second-order valence-corrected chi connectivity index (χ2v) is 9.47. The lowest BCUT2D eigenvalue weighted by molar-refractivity contribution is 1.09. The SMILES string of the molecule is C[Si](C)(/C=C/C1C=CC=C1)C1C=CC=C1. The minimum Gasteiger partial charge on any atom is -0.0969 e. The summed E-state index contributed by atoms with van der Waals surface area (Å²) in [6.07, 6.45) is 20.1. The van der Waals surface area contributed by atoms with E-state index in [1.165, 1.54) is 0 Å². The lowest BCUT2D eigenvalue weighted by Gasteiger charge is -2.23. The van der Waals surface area contributed by atoms with Crippen molar-refractivity contribution >= 4 is 8.07 Å². The average molecular weight is 214 g/mol. The summed E-state index contributed by atoms with van der Waals surface area (Å²) in [6, 6.07) is 0. The Kier molecular flexibility index (Phi) is 2.92. The van der Waals surface area contributed by atoms with Gasteiger partial charge in [-0.3, -0.25) is 0 Å². The van der Waals surface area contributed by atoms with Crippen LogP contribution >= 0.6 is 0 Å². The van der Waals surface area contributed by atoms with E-state index in [9.17, 15) is 0 Å². The molecule has 1 heteroatoms. The number of allylic oxidation sites excluding steroid dienone is 9. The molecule has 78 valence electrons. The van der Waals surface area contributed by atoms with Crippen molar-refractivity contribution in [3.05, 3.63) is 60.4 Å². The Balaban J connectivity index is 2.03. The molecule has 2 rings (SSSR count). The third-order valence-electron chi connectivity index (χ3n) is 3.13. The van der Waals surface area contributed by atoms with Crippen molar-refractivity contribution < 1.29 is 0 Å². The molecule has 0 nitrogen and oxygen atoms in total. The number of hydrogen-bond acceptors (Lipinski definition) is 0. The summed E-state index contributed by atoms with van der Waals surface area (Å²) in [5, 5.41) is 0. The van der Waals surface area contributed by atoms with Crippen molar-refractivity contribution in [3.8, 4) is 0 Å². The Labute approximate surface area is 93.4 Å². The van der Waals surface area contributed by atoms with E-state index in [0.717, 1.165) is 0 Å². The van der Waals surface area contributed by atoms with E-state index in [1.54, 1.807) is 0 Å². The summed E-state index contributed by atoms with van der Waals surface area (Å²) >= 11 is 0. The maximum Gasteiger partial charge on any atom is 0.0820 e. The van der Waals surface area contributed by atoms with Crippen molar-refractivity contribution in [2.45, 2.75) is 18.6 Å². The molecule has 2 aliphatic carbocycles. The molecule has 0 spiro atoms. The second kappa shape index (κ2) is 4.19. The predicted octanol–water partition coefficient (Wildman–Crippen LogP) is 4.03. The summed E-state index contributed by atoms with van der Waals surface area (Å²) in [4.78, 5) is 0. The lowest BCUT2D eigenvalue weighted by Crippen LogP contribution is -2.27. The minimum atomic E-state index is -1.26. The fourth-order valence-corrected chi connectivity index (χ4v) is 4.13. The van der Waals surface area contributed by atoms with Gasteiger partial charge in [0.15, 0.2) is 0 Å². The van der Waals surface area contributed by atoms with E-state index in [2.05, 4.69) is 73.5 Å². The summed E-state index contributed by atoms with van der Waals surface area (Å²) in [7, 11) is -1.26. The van der Waals surface area contributed by atoms with Gasteiger partial charge in [0, 0.05) is 5.92 Å². The van der Waals surface area contributed by atoms with E-state index in [1.807, 2.05) is 0 Å². The fourth-order valence-electron chi connectivity index (χ4n) is 1.98. The molecule has 0 saturated carbocycles. The molecular weight excluding hydrogens is 196 g/mol. The summed E-state index contributed by atoms with van der Waals surface area (Å²) < 4.78 is 0. The molecule has 2 aliphatic rings. The summed E-state index contributed by atoms with van der Waals surface area (Å²) in [5.41, 5.74) is 3.16. The molecule has 0 aromatic carbocycles. The molecule has 0 aromatic rings. The quantitative estimate of drug-likeness (QED) is 0.622. The van der Waals surface area contributed by atoms with Crippen LogP contribution in [0.15, 0.2) is 60.4 Å². The molecular formula is C14H18Si. The van der Waals surface area contributed by atoms with Gasteiger partial charge in [0.2, 0.25) is 0 Å². The highest BCUT2D eigenvalue weighted by Crippen LogP contribution is 2.30. The highest BCUT2D eigenvalue weighted by atomic mass is 28.3. The molecule has 0 aliphatic heterocycles. The van der Waals surface area contributed by atoms with E-state index in [4.69, 9.17) is 0 Å². The molecule has 0 heterocycles. The first-order valence-corrected chi connectivity index (χ1v) is 8.73. The van der Waals surface area contributed by atoms with Gasteiger partial charge in [-0.2, -0.15) is 0 Å². The van der Waals surface area contributed by atoms with Gasteiger partial charge < -0.3 is 0 Å². The Bertz CT molecular complexity index is 343. The predicted molar refractivity (Wildman–Crippen MR) is 70.4 cm³/mol. The third kappa shape index (κ3) is 2.48. The van der Waals surface area contributed by atoms with Crippen LogP contribution in [-0.2, 0) is 0 Å². The Hall–Kier alpha value is -1.08. The summed E-state index contributed by atoms with van der Waals surface area (Å²) in [5.74, 6) is 0.533. The van der Waals surface area contributed by atoms with Crippen molar-refractivity contribution in [3.63, 3.8) is 0 Å².